The molecule has 2 saturated heterocycles. The highest BCUT2D eigenvalue weighted by Crippen LogP contribution is 2.55. The maximum atomic E-state index is 15.1. The molecule has 10 heteroatoms. The van der Waals surface area contributed by atoms with E-state index in [4.69, 9.17) is 9.47 Å². The maximum absolute atomic E-state index is 15.1. The van der Waals surface area contributed by atoms with E-state index in [9.17, 15) is 14.7 Å². The van der Waals surface area contributed by atoms with Gasteiger partial charge in [-0.2, -0.15) is 0 Å². The second-order valence-corrected chi connectivity index (χ2v) is 14.4. The summed E-state index contributed by atoms with van der Waals surface area (Å²) in [6.45, 7) is 1.81. The van der Waals surface area contributed by atoms with Crippen LogP contribution in [0.15, 0.2) is 85.0 Å². The fourth-order valence-electron chi connectivity index (χ4n) is 8.93. The van der Waals surface area contributed by atoms with Gasteiger partial charge in [-0.25, -0.2) is 0 Å². The number of likely N-dealkylation sites (tertiary alicyclic amines) is 1. The topological polar surface area (TPSA) is 117 Å². The Morgan fingerprint density at radius 3 is 2.32 bits per heavy atom. The number of rotatable bonds is 5. The van der Waals surface area contributed by atoms with Gasteiger partial charge in [0.1, 0.15) is 23.7 Å². The van der Waals surface area contributed by atoms with Crippen molar-refractivity contribution >= 4 is 23.7 Å². The number of hydrogen-bond donors (Lipinski definition) is 1. The lowest BCUT2D eigenvalue weighted by Crippen LogP contribution is -2.58. The smallest absolute Gasteiger partial charge is 0.313 e. The third-order valence-electron chi connectivity index (χ3n) is 11.6. The SMILES string of the molecule is C[C@H]1[C@H](c2ccccc2)OC(=O)[C@@H]2[C@H](/C=C\CCC(=O)N1C)O[C@@]13C=CCN(C4CCCCC4)C(=O)[C@@H]1N([C@H](CO)c1ccccc1)C(=O)[C@@H]23. The van der Waals surface area contributed by atoms with Gasteiger partial charge in [-0.05, 0) is 37.3 Å². The molecular formula is C40H47N3O7. The number of nitrogens with zero attached hydrogens (tertiary/aromatic N) is 3. The van der Waals surface area contributed by atoms with Gasteiger partial charge in [0.15, 0.2) is 0 Å². The molecule has 10 nitrogen and oxygen atoms in total. The number of benzene rings is 2. The molecule has 1 aliphatic carbocycles. The Kier molecular flexibility index (Phi) is 9.67. The van der Waals surface area contributed by atoms with E-state index in [1.165, 1.54) is 4.90 Å². The van der Waals surface area contributed by atoms with E-state index in [0.717, 1.165) is 37.7 Å². The van der Waals surface area contributed by atoms with Crippen molar-refractivity contribution in [3.05, 3.63) is 96.1 Å². The van der Waals surface area contributed by atoms with E-state index in [-0.39, 0.29) is 24.3 Å². The first-order chi connectivity index (χ1) is 24.3. The predicted molar refractivity (Wildman–Crippen MR) is 185 cm³/mol. The zero-order valence-corrected chi connectivity index (χ0v) is 28.8. The van der Waals surface area contributed by atoms with Gasteiger partial charge < -0.3 is 29.3 Å². The molecule has 7 rings (SSSR count). The van der Waals surface area contributed by atoms with Gasteiger partial charge in [-0.3, -0.25) is 19.2 Å². The number of aliphatic hydroxyl groups excluding tert-OH is 1. The number of amides is 3. The van der Waals surface area contributed by atoms with Crippen molar-refractivity contribution in [1.82, 2.24) is 14.7 Å². The average molecular weight is 682 g/mol. The molecule has 50 heavy (non-hydrogen) atoms. The summed E-state index contributed by atoms with van der Waals surface area (Å²) in [6.07, 6.45) is 11.2. The first kappa shape index (κ1) is 34.2. The van der Waals surface area contributed by atoms with E-state index in [1.807, 2.05) is 90.7 Å². The van der Waals surface area contributed by atoms with Crippen molar-refractivity contribution in [3.8, 4) is 0 Å². The van der Waals surface area contributed by atoms with Gasteiger partial charge in [0.25, 0.3) is 0 Å². The van der Waals surface area contributed by atoms with Gasteiger partial charge in [0.05, 0.1) is 30.7 Å². The predicted octanol–water partition coefficient (Wildman–Crippen LogP) is 4.51. The van der Waals surface area contributed by atoms with Crippen LogP contribution in [0.25, 0.3) is 0 Å². The van der Waals surface area contributed by atoms with Crippen LogP contribution in [0.2, 0.25) is 0 Å². The van der Waals surface area contributed by atoms with Gasteiger partial charge >= 0.3 is 5.97 Å². The molecule has 0 unspecified atom stereocenters. The number of carbonyl (C=O) groups is 4. The number of hydrogen-bond acceptors (Lipinski definition) is 7. The summed E-state index contributed by atoms with van der Waals surface area (Å²) >= 11 is 0. The molecule has 4 aliphatic heterocycles. The Morgan fingerprint density at radius 1 is 0.920 bits per heavy atom. The van der Waals surface area contributed by atoms with E-state index in [1.54, 1.807) is 18.0 Å². The fourth-order valence-corrected chi connectivity index (χ4v) is 8.93. The number of ether oxygens (including phenoxy) is 2. The average Bonchev–Trinajstić information content (AvgIpc) is 3.53. The normalized spacial score (nSPS) is 33.5. The zero-order valence-electron chi connectivity index (χ0n) is 28.8. The lowest BCUT2D eigenvalue weighted by Gasteiger charge is -2.41. The van der Waals surface area contributed by atoms with E-state index >= 15 is 9.59 Å². The molecule has 4 heterocycles. The van der Waals surface area contributed by atoms with Gasteiger partial charge in [-0.15, -0.1) is 0 Å². The summed E-state index contributed by atoms with van der Waals surface area (Å²) in [5.74, 6) is -3.55. The number of aliphatic hydroxyl groups is 1. The molecule has 2 aromatic carbocycles. The molecule has 5 aliphatic rings. The largest absolute Gasteiger partial charge is 0.455 e. The van der Waals surface area contributed by atoms with Crippen molar-refractivity contribution in [3.63, 3.8) is 0 Å². The first-order valence-corrected chi connectivity index (χ1v) is 18.1. The van der Waals surface area contributed by atoms with Crippen LogP contribution in [0.1, 0.15) is 75.1 Å². The summed E-state index contributed by atoms with van der Waals surface area (Å²) in [5.41, 5.74) is -0.0775. The van der Waals surface area contributed by atoms with E-state index in [0.29, 0.717) is 18.5 Å². The van der Waals surface area contributed by atoms with Crippen LogP contribution < -0.4 is 0 Å². The highest BCUT2D eigenvalue weighted by Gasteiger charge is 2.73. The minimum absolute atomic E-state index is 0.0264. The molecular weight excluding hydrogens is 634 g/mol. The van der Waals surface area contributed by atoms with E-state index < -0.39 is 66.3 Å². The van der Waals surface area contributed by atoms with E-state index in [2.05, 4.69) is 0 Å². The van der Waals surface area contributed by atoms with Crippen LogP contribution in [0.5, 0.6) is 0 Å². The number of cyclic esters (lactones) is 1. The summed E-state index contributed by atoms with van der Waals surface area (Å²) in [5, 5.41) is 10.9. The standard InChI is InChI=1S/C40H47N3O7/c1-26-35(28-17-8-4-9-18-28)49-39(48)33-31(21-12-13-22-32(45)41(26)2)50-40-23-14-24-42(29-19-10-5-11-20-29)38(47)36(40)43(37(46)34(33)40)30(25-44)27-15-6-3-7-16-27/h3-4,6-9,12,14-18,21,23,26,29-31,33-36,44H,5,10-11,13,19-20,22,24-25H2,1-2H3/b21-12-/t26-,30+,31-,33+,34+,35+,36-,40+/m0/s1. The third kappa shape index (κ3) is 5.86. The van der Waals surface area contributed by atoms with Gasteiger partial charge in [-0.1, -0.05) is 104 Å². The molecule has 3 amide bonds. The second kappa shape index (κ2) is 14.2. The van der Waals surface area contributed by atoms with Crippen molar-refractivity contribution in [2.75, 3.05) is 20.2 Å². The van der Waals surface area contributed by atoms with Crippen molar-refractivity contribution < 1.29 is 33.8 Å². The van der Waals surface area contributed by atoms with Crippen LogP contribution in [0, 0.1) is 11.8 Å². The van der Waals surface area contributed by atoms with Gasteiger partial charge in [0, 0.05) is 26.1 Å². The van der Waals surface area contributed by atoms with Crippen LogP contribution in [0.4, 0.5) is 0 Å². The number of allylic oxidation sites excluding steroid dienone is 1. The highest BCUT2D eigenvalue weighted by atomic mass is 16.6. The molecule has 1 saturated carbocycles. The third-order valence-corrected chi connectivity index (χ3v) is 11.6. The zero-order chi connectivity index (χ0) is 35.0. The van der Waals surface area contributed by atoms with Crippen molar-refractivity contribution in [1.29, 1.82) is 0 Å². The quantitative estimate of drug-likeness (QED) is 0.365. The van der Waals surface area contributed by atoms with Crippen molar-refractivity contribution in [2.45, 2.75) is 93.8 Å². The lowest BCUT2D eigenvalue weighted by molar-refractivity contribution is -0.164. The molecule has 0 radical (unpaired) electrons. The molecule has 8 atom stereocenters. The summed E-state index contributed by atoms with van der Waals surface area (Å²) in [6, 6.07) is 16.1. The Morgan fingerprint density at radius 2 is 1.62 bits per heavy atom. The molecule has 1 N–H and O–H groups in total. The van der Waals surface area contributed by atoms with Crippen LogP contribution in [-0.2, 0) is 28.7 Å². The Labute approximate surface area is 293 Å². The Bertz CT molecular complexity index is 1640. The minimum Gasteiger partial charge on any atom is -0.455 e. The number of esters is 1. The monoisotopic (exact) mass is 681 g/mol. The van der Waals surface area contributed by atoms with Crippen LogP contribution >= 0.6 is 0 Å². The number of fused-ring (bicyclic) bond motifs is 2. The second-order valence-electron chi connectivity index (χ2n) is 14.4. The molecule has 264 valence electrons. The summed E-state index contributed by atoms with van der Waals surface area (Å²) in [7, 11) is 1.71. The lowest BCUT2D eigenvalue weighted by atomic mass is 9.77. The highest BCUT2D eigenvalue weighted by molar-refractivity contribution is 5.99. The fraction of sp³-hybridized carbons (Fsp3) is 0.500. The van der Waals surface area contributed by atoms with Crippen LogP contribution in [0.3, 0.4) is 0 Å². The molecule has 2 aromatic rings. The maximum Gasteiger partial charge on any atom is 0.313 e. The Balaban J connectivity index is 1.35. The minimum atomic E-state index is -1.49. The van der Waals surface area contributed by atoms with Gasteiger partial charge in [0.2, 0.25) is 17.7 Å². The molecule has 1 spiro atoms. The summed E-state index contributed by atoms with van der Waals surface area (Å²) in [4.78, 5) is 63.0. The van der Waals surface area contributed by atoms with Crippen LogP contribution in [-0.4, -0.2) is 93.5 Å². The first-order valence-electron chi connectivity index (χ1n) is 18.1. The number of carbonyl (C=O) groups excluding carboxylic acids is 4. The summed E-state index contributed by atoms with van der Waals surface area (Å²) < 4.78 is 13.3. The molecule has 0 aromatic heterocycles. The van der Waals surface area contributed by atoms with Crippen molar-refractivity contribution in [2.24, 2.45) is 11.8 Å². The molecule has 0 bridgehead atoms. The molecule has 3 fully saturated rings. The number of likely N-dealkylation sites (N-methyl/N-ethyl adjacent to an activating group) is 1. The Hall–Kier alpha value is -4.28.